The van der Waals surface area contributed by atoms with E-state index in [0.717, 1.165) is 0 Å². The molecule has 0 radical (unpaired) electrons. The van der Waals surface area contributed by atoms with Crippen molar-refractivity contribution >= 4 is 12.1 Å². The smallest absolute Gasteiger partial charge is 0.407 e. The molecule has 1 saturated heterocycles. The fraction of sp³-hybridized carbons (Fsp3) is 0.846. The average Bonchev–Trinajstić information content (AvgIpc) is 2.17. The molecule has 1 fully saturated rings. The number of carbonyl (C=O) groups excluding carboxylic acids is 1. The Morgan fingerprint density at radius 2 is 1.95 bits per heavy atom. The molecule has 0 aliphatic carbocycles. The molecule has 0 aromatic rings. The number of ether oxygens (including phenoxy) is 2. The van der Waals surface area contributed by atoms with Crippen molar-refractivity contribution in [1.82, 2.24) is 5.32 Å². The van der Waals surface area contributed by atoms with Gasteiger partial charge in [0.15, 0.2) is 0 Å². The predicted octanol–water partition coefficient (Wildman–Crippen LogP) is 1.78. The molecule has 2 atom stereocenters. The maximum Gasteiger partial charge on any atom is 0.407 e. The van der Waals surface area contributed by atoms with E-state index < -0.39 is 35.2 Å². The Bertz CT molecular complexity index is 359. The minimum atomic E-state index is -0.933. The first-order valence-electron chi connectivity index (χ1n) is 6.36. The number of rotatable bonds is 2. The lowest BCUT2D eigenvalue weighted by Gasteiger charge is -2.39. The van der Waals surface area contributed by atoms with Gasteiger partial charge in [0.25, 0.3) is 0 Å². The van der Waals surface area contributed by atoms with Gasteiger partial charge in [0, 0.05) is 0 Å². The third-order valence-electron chi connectivity index (χ3n) is 2.87. The Morgan fingerprint density at radius 1 is 1.37 bits per heavy atom. The predicted molar refractivity (Wildman–Crippen MR) is 68.9 cm³/mol. The zero-order chi connectivity index (χ0) is 14.8. The van der Waals surface area contributed by atoms with Gasteiger partial charge < -0.3 is 19.9 Å². The molecule has 1 aliphatic heterocycles. The Labute approximate surface area is 113 Å². The number of carboxylic acids is 1. The minimum absolute atomic E-state index is 0.170. The first-order chi connectivity index (χ1) is 8.50. The van der Waals surface area contributed by atoms with Gasteiger partial charge in [0.1, 0.15) is 5.60 Å². The second-order valence-corrected chi connectivity index (χ2v) is 6.47. The van der Waals surface area contributed by atoms with Gasteiger partial charge in [-0.05, 0) is 41.0 Å². The lowest BCUT2D eigenvalue weighted by atomic mass is 9.85. The van der Waals surface area contributed by atoms with Gasteiger partial charge in [0.05, 0.1) is 24.2 Å². The van der Waals surface area contributed by atoms with Crippen LogP contribution >= 0.6 is 0 Å². The molecule has 1 aliphatic rings. The second kappa shape index (κ2) is 5.36. The quantitative estimate of drug-likeness (QED) is 0.801. The van der Waals surface area contributed by atoms with Crippen LogP contribution < -0.4 is 5.32 Å². The summed E-state index contributed by atoms with van der Waals surface area (Å²) in [6, 6.07) is -0.569. The minimum Gasteiger partial charge on any atom is -0.481 e. The summed E-state index contributed by atoms with van der Waals surface area (Å²) in [4.78, 5) is 22.9. The highest BCUT2D eigenvalue weighted by Gasteiger charge is 2.41. The molecule has 0 spiro atoms. The highest BCUT2D eigenvalue weighted by atomic mass is 16.6. The van der Waals surface area contributed by atoms with Crippen LogP contribution in [0.3, 0.4) is 0 Å². The summed E-state index contributed by atoms with van der Waals surface area (Å²) in [5.41, 5.74) is -1.10. The van der Waals surface area contributed by atoms with Crippen LogP contribution in [0.15, 0.2) is 0 Å². The van der Waals surface area contributed by atoms with E-state index in [9.17, 15) is 14.7 Å². The highest BCUT2D eigenvalue weighted by molar-refractivity contribution is 5.74. The van der Waals surface area contributed by atoms with Gasteiger partial charge in [-0.1, -0.05) is 0 Å². The van der Waals surface area contributed by atoms with Crippen LogP contribution in [0.1, 0.15) is 41.0 Å². The van der Waals surface area contributed by atoms with Crippen LogP contribution in [-0.2, 0) is 14.3 Å². The number of carbonyl (C=O) groups is 2. The number of carboxylic acid groups (broad SMARTS) is 1. The van der Waals surface area contributed by atoms with Crippen molar-refractivity contribution in [3.8, 4) is 0 Å². The Kier molecular flexibility index (Phi) is 4.45. The summed E-state index contributed by atoms with van der Waals surface area (Å²) in [5, 5.41) is 11.8. The van der Waals surface area contributed by atoms with Crippen molar-refractivity contribution in [3.05, 3.63) is 0 Å². The van der Waals surface area contributed by atoms with E-state index in [4.69, 9.17) is 9.47 Å². The maximum absolute atomic E-state index is 11.7. The maximum atomic E-state index is 11.7. The molecule has 19 heavy (non-hydrogen) atoms. The average molecular weight is 273 g/mol. The second-order valence-electron chi connectivity index (χ2n) is 6.47. The number of amides is 1. The lowest BCUT2D eigenvalue weighted by molar-refractivity contribution is -0.155. The number of hydrogen-bond acceptors (Lipinski definition) is 4. The summed E-state index contributed by atoms with van der Waals surface area (Å²) in [6.07, 6.45) is -0.268. The molecule has 0 bridgehead atoms. The molecular formula is C13H23NO5. The van der Waals surface area contributed by atoms with Crippen molar-refractivity contribution in [2.75, 3.05) is 6.61 Å². The van der Waals surface area contributed by atoms with E-state index in [1.807, 2.05) is 13.8 Å². The van der Waals surface area contributed by atoms with Crippen molar-refractivity contribution in [1.29, 1.82) is 0 Å². The van der Waals surface area contributed by atoms with E-state index in [2.05, 4.69) is 5.32 Å². The number of hydrogen-bond donors (Lipinski definition) is 2. The Hall–Kier alpha value is -1.30. The van der Waals surface area contributed by atoms with Crippen LogP contribution in [-0.4, -0.2) is 41.0 Å². The van der Waals surface area contributed by atoms with E-state index >= 15 is 0 Å². The summed E-state index contributed by atoms with van der Waals surface area (Å²) in [6.45, 7) is 9.10. The molecule has 6 heteroatoms. The molecule has 0 aromatic heterocycles. The van der Waals surface area contributed by atoms with Crippen molar-refractivity contribution in [2.45, 2.75) is 58.3 Å². The number of aliphatic carboxylic acids is 1. The van der Waals surface area contributed by atoms with Crippen LogP contribution in [0.4, 0.5) is 4.79 Å². The lowest BCUT2D eigenvalue weighted by Crippen LogP contribution is -2.54. The molecule has 110 valence electrons. The molecule has 1 rings (SSSR count). The summed E-state index contributed by atoms with van der Waals surface area (Å²) < 4.78 is 10.7. The van der Waals surface area contributed by atoms with E-state index in [1.165, 1.54) is 0 Å². The van der Waals surface area contributed by atoms with Gasteiger partial charge in [-0.15, -0.1) is 0 Å². The number of nitrogens with one attached hydrogen (secondary N) is 1. The Balaban J connectivity index is 2.66. The molecule has 1 amide bonds. The van der Waals surface area contributed by atoms with Crippen LogP contribution in [0.5, 0.6) is 0 Å². The number of alkyl carbamates (subject to hydrolysis) is 1. The fourth-order valence-corrected chi connectivity index (χ4v) is 2.02. The summed E-state index contributed by atoms with van der Waals surface area (Å²) in [5.74, 6) is -1.60. The molecule has 0 aromatic carbocycles. The molecule has 2 unspecified atom stereocenters. The first kappa shape index (κ1) is 15.8. The van der Waals surface area contributed by atoms with Crippen LogP contribution in [0.2, 0.25) is 0 Å². The summed E-state index contributed by atoms with van der Waals surface area (Å²) in [7, 11) is 0. The SMILES string of the molecule is CC(C)(C)OC(=O)NC1COC(C)(C)CC1C(=O)O. The van der Waals surface area contributed by atoms with Gasteiger partial charge >= 0.3 is 12.1 Å². The van der Waals surface area contributed by atoms with Gasteiger partial charge in [-0.2, -0.15) is 0 Å². The zero-order valence-corrected chi connectivity index (χ0v) is 12.1. The van der Waals surface area contributed by atoms with E-state index in [0.29, 0.717) is 6.42 Å². The molecule has 6 nitrogen and oxygen atoms in total. The van der Waals surface area contributed by atoms with Crippen molar-refractivity contribution in [2.24, 2.45) is 5.92 Å². The van der Waals surface area contributed by atoms with Crippen LogP contribution in [0, 0.1) is 5.92 Å². The zero-order valence-electron chi connectivity index (χ0n) is 12.1. The summed E-state index contributed by atoms with van der Waals surface area (Å²) >= 11 is 0. The third-order valence-corrected chi connectivity index (χ3v) is 2.87. The largest absolute Gasteiger partial charge is 0.481 e. The molecule has 0 saturated carbocycles. The fourth-order valence-electron chi connectivity index (χ4n) is 2.02. The standard InChI is InChI=1S/C13H23NO5/c1-12(2,3)19-11(17)14-9-7-18-13(4,5)6-8(9)10(15)16/h8-9H,6-7H2,1-5H3,(H,14,17)(H,15,16). The van der Waals surface area contributed by atoms with Gasteiger partial charge in [-0.25, -0.2) is 4.79 Å². The molecule has 2 N–H and O–H groups in total. The van der Waals surface area contributed by atoms with Crippen LogP contribution in [0.25, 0.3) is 0 Å². The third kappa shape index (κ3) is 5.06. The van der Waals surface area contributed by atoms with Gasteiger partial charge in [-0.3, -0.25) is 4.79 Å². The topological polar surface area (TPSA) is 84.9 Å². The monoisotopic (exact) mass is 273 g/mol. The first-order valence-corrected chi connectivity index (χ1v) is 6.36. The van der Waals surface area contributed by atoms with Gasteiger partial charge in [0.2, 0.25) is 0 Å². The van der Waals surface area contributed by atoms with Crippen molar-refractivity contribution in [3.63, 3.8) is 0 Å². The van der Waals surface area contributed by atoms with Crippen molar-refractivity contribution < 1.29 is 24.2 Å². The highest BCUT2D eigenvalue weighted by Crippen LogP contribution is 2.29. The molecule has 1 heterocycles. The normalized spacial score (nSPS) is 26.6. The van der Waals surface area contributed by atoms with E-state index in [1.54, 1.807) is 20.8 Å². The Morgan fingerprint density at radius 3 is 2.42 bits per heavy atom. The molecular weight excluding hydrogens is 250 g/mol. The van der Waals surface area contributed by atoms with E-state index in [-0.39, 0.29) is 6.61 Å².